The summed E-state index contributed by atoms with van der Waals surface area (Å²) in [4.78, 5) is 4.51. The lowest BCUT2D eigenvalue weighted by Crippen LogP contribution is -2.14. The van der Waals surface area contributed by atoms with Crippen molar-refractivity contribution in [2.45, 2.75) is 38.8 Å². The van der Waals surface area contributed by atoms with Crippen LogP contribution in [0.3, 0.4) is 0 Å². The molecule has 1 aromatic carbocycles. The molecule has 2 atom stereocenters. The molecule has 1 aliphatic rings. The van der Waals surface area contributed by atoms with Crippen LogP contribution < -0.4 is 15.2 Å². The van der Waals surface area contributed by atoms with Crippen molar-refractivity contribution in [3.8, 4) is 11.5 Å². The van der Waals surface area contributed by atoms with Gasteiger partial charge in [0.1, 0.15) is 6.10 Å². The number of nitrogens with zero attached hydrogens (tertiary/aromatic N) is 2. The molecule has 3 N–H and O–H groups in total. The quantitative estimate of drug-likeness (QED) is 0.809. The number of H-pyrrole nitrogens is 1. The highest BCUT2D eigenvalue weighted by Crippen LogP contribution is 2.32. The second-order valence-electron chi connectivity index (χ2n) is 5.63. The first kappa shape index (κ1) is 16.7. The van der Waals surface area contributed by atoms with Crippen LogP contribution in [0.15, 0.2) is 18.2 Å². The van der Waals surface area contributed by atoms with Gasteiger partial charge in [0.15, 0.2) is 23.1 Å². The largest absolute Gasteiger partial charge is 0.490 e. The molecule has 1 saturated heterocycles. The van der Waals surface area contributed by atoms with E-state index in [-0.39, 0.29) is 6.10 Å². The fourth-order valence-electron chi connectivity index (χ4n) is 2.77. The fourth-order valence-corrected chi connectivity index (χ4v) is 2.77. The molecule has 0 aliphatic carbocycles. The molecule has 0 radical (unpaired) electrons. The van der Waals surface area contributed by atoms with Crippen molar-refractivity contribution in [2.75, 3.05) is 19.8 Å². The maximum atomic E-state index is 6.34. The molecule has 7 nitrogen and oxygen atoms in total. The van der Waals surface area contributed by atoms with Gasteiger partial charge >= 0.3 is 0 Å². The van der Waals surface area contributed by atoms with Gasteiger partial charge in [-0.1, -0.05) is 6.07 Å². The molecule has 2 aromatic rings. The molecule has 2 heterocycles. The van der Waals surface area contributed by atoms with Gasteiger partial charge in [0.05, 0.1) is 19.3 Å². The van der Waals surface area contributed by atoms with Gasteiger partial charge in [0.25, 0.3) is 0 Å². The van der Waals surface area contributed by atoms with Gasteiger partial charge in [-0.2, -0.15) is 5.10 Å². The number of hydrogen-bond acceptors (Lipinski definition) is 6. The average molecular weight is 332 g/mol. The van der Waals surface area contributed by atoms with E-state index in [1.165, 1.54) is 0 Å². The molecule has 1 aliphatic heterocycles. The summed E-state index contributed by atoms with van der Waals surface area (Å²) in [5.74, 6) is 2.69. The Balaban J connectivity index is 1.81. The molecule has 3 rings (SSSR count). The second kappa shape index (κ2) is 7.63. The minimum atomic E-state index is -0.439. The Hall–Kier alpha value is -2.12. The lowest BCUT2D eigenvalue weighted by atomic mass is 10.1. The van der Waals surface area contributed by atoms with E-state index in [4.69, 9.17) is 19.9 Å². The minimum absolute atomic E-state index is 0.00207. The van der Waals surface area contributed by atoms with Crippen LogP contribution in [0.4, 0.5) is 0 Å². The minimum Gasteiger partial charge on any atom is -0.490 e. The van der Waals surface area contributed by atoms with E-state index in [2.05, 4.69) is 15.2 Å². The molecule has 0 saturated carbocycles. The van der Waals surface area contributed by atoms with Crippen LogP contribution in [0.2, 0.25) is 0 Å². The summed E-state index contributed by atoms with van der Waals surface area (Å²) < 4.78 is 16.9. The molecular weight excluding hydrogens is 308 g/mol. The third-order valence-corrected chi connectivity index (χ3v) is 3.96. The molecule has 7 heteroatoms. The standard InChI is InChI=1S/C17H24N4O3/c1-3-22-12-8-7-11(10-14(12)23-4-2)15(18)17-19-16(20-21-17)13-6-5-9-24-13/h7-8,10,13,15H,3-6,9,18H2,1-2H3,(H,19,20,21)/t13-,15+/m0/s1. The zero-order valence-corrected chi connectivity index (χ0v) is 14.1. The van der Waals surface area contributed by atoms with Gasteiger partial charge in [-0.3, -0.25) is 5.10 Å². The number of benzene rings is 1. The van der Waals surface area contributed by atoms with Crippen LogP contribution in [0, 0.1) is 0 Å². The summed E-state index contributed by atoms with van der Waals surface area (Å²) in [5.41, 5.74) is 7.21. The topological polar surface area (TPSA) is 95.3 Å². The predicted molar refractivity (Wildman–Crippen MR) is 89.1 cm³/mol. The molecule has 0 spiro atoms. The number of nitrogens with two attached hydrogens (primary N) is 1. The number of rotatable bonds is 7. The van der Waals surface area contributed by atoms with Crippen molar-refractivity contribution >= 4 is 0 Å². The van der Waals surface area contributed by atoms with Gasteiger partial charge in [0, 0.05) is 6.61 Å². The van der Waals surface area contributed by atoms with Gasteiger partial charge in [-0.05, 0) is 44.4 Å². The molecule has 0 bridgehead atoms. The van der Waals surface area contributed by atoms with E-state index in [0.717, 1.165) is 30.8 Å². The summed E-state index contributed by atoms with van der Waals surface area (Å²) in [7, 11) is 0. The van der Waals surface area contributed by atoms with Gasteiger partial charge in [-0.15, -0.1) is 0 Å². The van der Waals surface area contributed by atoms with Crippen molar-refractivity contribution in [2.24, 2.45) is 5.73 Å². The molecule has 1 fully saturated rings. The summed E-state index contributed by atoms with van der Waals surface area (Å²) in [6, 6.07) is 5.24. The number of ether oxygens (including phenoxy) is 3. The van der Waals surface area contributed by atoms with Crippen molar-refractivity contribution in [1.29, 1.82) is 0 Å². The van der Waals surface area contributed by atoms with Crippen LogP contribution in [0.25, 0.3) is 0 Å². The molecule has 130 valence electrons. The average Bonchev–Trinajstić information content (AvgIpc) is 3.27. The normalized spacial score (nSPS) is 18.5. The third kappa shape index (κ3) is 3.52. The highest BCUT2D eigenvalue weighted by atomic mass is 16.5. The zero-order valence-electron chi connectivity index (χ0n) is 14.1. The Labute approximate surface area is 141 Å². The van der Waals surface area contributed by atoms with Crippen LogP contribution >= 0.6 is 0 Å². The highest BCUT2D eigenvalue weighted by molar-refractivity contribution is 5.44. The number of aromatic amines is 1. The Morgan fingerprint density at radius 1 is 1.29 bits per heavy atom. The van der Waals surface area contributed by atoms with Crippen LogP contribution in [-0.4, -0.2) is 35.0 Å². The molecule has 0 amide bonds. The lowest BCUT2D eigenvalue weighted by molar-refractivity contribution is 0.105. The summed E-state index contributed by atoms with van der Waals surface area (Å²) >= 11 is 0. The summed E-state index contributed by atoms with van der Waals surface area (Å²) in [6.45, 7) is 5.78. The monoisotopic (exact) mass is 332 g/mol. The Morgan fingerprint density at radius 3 is 2.79 bits per heavy atom. The Morgan fingerprint density at radius 2 is 2.08 bits per heavy atom. The predicted octanol–water partition coefficient (Wildman–Crippen LogP) is 2.50. The smallest absolute Gasteiger partial charge is 0.171 e. The number of nitrogens with one attached hydrogen (secondary N) is 1. The third-order valence-electron chi connectivity index (χ3n) is 3.96. The molecular formula is C17H24N4O3. The van der Waals surface area contributed by atoms with E-state index < -0.39 is 6.04 Å². The number of hydrogen-bond donors (Lipinski definition) is 2. The van der Waals surface area contributed by atoms with Gasteiger partial charge in [0.2, 0.25) is 0 Å². The Kier molecular flexibility index (Phi) is 5.32. The first-order valence-electron chi connectivity index (χ1n) is 8.41. The van der Waals surface area contributed by atoms with Gasteiger partial charge < -0.3 is 19.9 Å². The van der Waals surface area contributed by atoms with Crippen molar-refractivity contribution < 1.29 is 14.2 Å². The Bertz CT molecular complexity index is 668. The highest BCUT2D eigenvalue weighted by Gasteiger charge is 2.23. The molecule has 0 unspecified atom stereocenters. The van der Waals surface area contributed by atoms with Crippen LogP contribution in [0.5, 0.6) is 11.5 Å². The molecule has 24 heavy (non-hydrogen) atoms. The SMILES string of the molecule is CCOc1ccc([C@@H](N)c2n[nH]c([C@@H]3CCCO3)n2)cc1OCC. The maximum absolute atomic E-state index is 6.34. The van der Waals surface area contributed by atoms with Crippen molar-refractivity contribution in [3.05, 3.63) is 35.4 Å². The van der Waals surface area contributed by atoms with Crippen molar-refractivity contribution in [1.82, 2.24) is 15.2 Å². The van der Waals surface area contributed by atoms with E-state index in [9.17, 15) is 0 Å². The lowest BCUT2D eigenvalue weighted by Gasteiger charge is -2.14. The van der Waals surface area contributed by atoms with E-state index in [1.54, 1.807) is 0 Å². The fraction of sp³-hybridized carbons (Fsp3) is 0.529. The zero-order chi connectivity index (χ0) is 16.9. The van der Waals surface area contributed by atoms with E-state index in [0.29, 0.717) is 30.5 Å². The van der Waals surface area contributed by atoms with E-state index in [1.807, 2.05) is 32.0 Å². The van der Waals surface area contributed by atoms with Crippen LogP contribution in [0.1, 0.15) is 56.0 Å². The summed E-state index contributed by atoms with van der Waals surface area (Å²) in [6.07, 6.45) is 2.00. The first-order valence-corrected chi connectivity index (χ1v) is 8.41. The van der Waals surface area contributed by atoms with E-state index >= 15 is 0 Å². The first-order chi connectivity index (χ1) is 11.7. The summed E-state index contributed by atoms with van der Waals surface area (Å²) in [5, 5.41) is 7.21. The number of aromatic nitrogens is 3. The van der Waals surface area contributed by atoms with Gasteiger partial charge in [-0.25, -0.2) is 4.98 Å². The maximum Gasteiger partial charge on any atom is 0.171 e. The second-order valence-corrected chi connectivity index (χ2v) is 5.63. The molecule has 1 aromatic heterocycles. The van der Waals surface area contributed by atoms with Crippen LogP contribution in [-0.2, 0) is 4.74 Å². The van der Waals surface area contributed by atoms with Crippen molar-refractivity contribution in [3.63, 3.8) is 0 Å².